The summed E-state index contributed by atoms with van der Waals surface area (Å²) in [6.45, 7) is 5.80. The van der Waals surface area contributed by atoms with E-state index in [1.807, 2.05) is 6.07 Å². The minimum atomic E-state index is -0.182. The summed E-state index contributed by atoms with van der Waals surface area (Å²) >= 11 is 3.14. The van der Waals surface area contributed by atoms with Crippen LogP contribution >= 0.6 is 22.7 Å². The molecule has 2 aromatic heterocycles. The summed E-state index contributed by atoms with van der Waals surface area (Å²) in [5.74, 6) is -0.182. The molecule has 0 saturated heterocycles. The lowest BCUT2D eigenvalue weighted by molar-refractivity contribution is 0.0503. The fraction of sp³-hybridized carbons (Fsp3) is 0.708. The van der Waals surface area contributed by atoms with E-state index < -0.39 is 0 Å². The molecule has 164 valence electrons. The molecular formula is C24H38O3S2. The number of rotatable bonds is 17. The van der Waals surface area contributed by atoms with Gasteiger partial charge in [-0.3, -0.25) is 0 Å². The summed E-state index contributed by atoms with van der Waals surface area (Å²) in [7, 11) is 0. The molecule has 0 radical (unpaired) electrons. The summed E-state index contributed by atoms with van der Waals surface area (Å²) in [4.78, 5) is 13.0. The molecule has 0 saturated carbocycles. The molecular weight excluding hydrogens is 400 g/mol. The largest absolute Gasteiger partial charge is 0.484 e. The quantitative estimate of drug-likeness (QED) is 0.183. The molecule has 0 atom stereocenters. The second kappa shape index (κ2) is 14.8. The van der Waals surface area contributed by atoms with Gasteiger partial charge < -0.3 is 9.47 Å². The van der Waals surface area contributed by atoms with Gasteiger partial charge in [0.2, 0.25) is 0 Å². The third-order valence-electron chi connectivity index (χ3n) is 5.11. The Balaban J connectivity index is 1.61. The molecule has 0 N–H and O–H groups in total. The second-order valence-electron chi connectivity index (χ2n) is 7.78. The Bertz CT molecular complexity index is 658. The second-order valence-corrected chi connectivity index (χ2v) is 9.91. The number of hydrogen-bond donors (Lipinski definition) is 0. The van der Waals surface area contributed by atoms with Gasteiger partial charge in [-0.05, 0) is 18.9 Å². The first-order valence-corrected chi connectivity index (χ1v) is 13.2. The zero-order chi connectivity index (χ0) is 20.7. The van der Waals surface area contributed by atoms with Crippen LogP contribution in [0.2, 0.25) is 0 Å². The Morgan fingerprint density at radius 3 is 1.90 bits per heavy atom. The Labute approximate surface area is 184 Å². The number of fused-ring (bicyclic) bond motifs is 1. The lowest BCUT2D eigenvalue weighted by Gasteiger charge is -2.04. The average molecular weight is 439 g/mol. The Hall–Kier alpha value is -1.07. The summed E-state index contributed by atoms with van der Waals surface area (Å²) in [6, 6.07) is 4.02. The van der Waals surface area contributed by atoms with Crippen LogP contribution in [0.1, 0.15) is 107 Å². The maximum absolute atomic E-state index is 12.3. The average Bonchev–Trinajstić information content (AvgIpc) is 3.28. The molecule has 0 aliphatic heterocycles. The molecule has 0 aliphatic rings. The van der Waals surface area contributed by atoms with Crippen molar-refractivity contribution < 1.29 is 14.3 Å². The van der Waals surface area contributed by atoms with Crippen molar-refractivity contribution in [2.75, 3.05) is 13.2 Å². The first kappa shape index (κ1) is 24.2. The standard InChI is InChI=1S/C24H38O3S2/c1-3-5-7-9-11-13-15-17-27-24(25)22-18-20-21(28-22)19-23(29-20)26-16-14-12-10-8-6-4-2/h18-19H,3-17H2,1-2H3. The van der Waals surface area contributed by atoms with E-state index in [9.17, 15) is 4.79 Å². The van der Waals surface area contributed by atoms with E-state index in [1.54, 1.807) is 11.3 Å². The normalized spacial score (nSPS) is 11.2. The molecule has 0 aliphatic carbocycles. The van der Waals surface area contributed by atoms with Crippen LogP contribution in [0.25, 0.3) is 9.40 Å². The van der Waals surface area contributed by atoms with E-state index in [0.29, 0.717) is 11.5 Å². The maximum atomic E-state index is 12.3. The Kier molecular flexibility index (Phi) is 12.4. The van der Waals surface area contributed by atoms with Crippen LogP contribution in [-0.4, -0.2) is 19.2 Å². The van der Waals surface area contributed by atoms with Crippen LogP contribution in [-0.2, 0) is 4.74 Å². The highest BCUT2D eigenvalue weighted by atomic mass is 32.1. The number of thiophene rings is 2. The van der Waals surface area contributed by atoms with E-state index in [0.717, 1.165) is 40.3 Å². The van der Waals surface area contributed by atoms with Gasteiger partial charge >= 0.3 is 5.97 Å². The van der Waals surface area contributed by atoms with Crippen molar-refractivity contribution in [2.45, 2.75) is 97.3 Å². The molecule has 0 bridgehead atoms. The predicted molar refractivity (Wildman–Crippen MR) is 127 cm³/mol. The fourth-order valence-corrected chi connectivity index (χ4v) is 5.49. The summed E-state index contributed by atoms with van der Waals surface area (Å²) in [5.41, 5.74) is 0. The highest BCUT2D eigenvalue weighted by Crippen LogP contribution is 2.37. The lowest BCUT2D eigenvalue weighted by atomic mass is 10.1. The third-order valence-corrected chi connectivity index (χ3v) is 7.29. The van der Waals surface area contributed by atoms with Gasteiger partial charge in [0.25, 0.3) is 0 Å². The van der Waals surface area contributed by atoms with Gasteiger partial charge in [-0.2, -0.15) is 0 Å². The zero-order valence-corrected chi connectivity index (χ0v) is 19.9. The fourth-order valence-electron chi connectivity index (χ4n) is 3.34. The number of unbranched alkanes of at least 4 members (excludes halogenated alkanes) is 11. The summed E-state index contributed by atoms with van der Waals surface area (Å²) in [5, 5.41) is 0.961. The highest BCUT2D eigenvalue weighted by Gasteiger charge is 2.14. The molecule has 29 heavy (non-hydrogen) atoms. The Morgan fingerprint density at radius 1 is 0.724 bits per heavy atom. The summed E-state index contributed by atoms with van der Waals surface area (Å²) < 4.78 is 13.6. The smallest absolute Gasteiger partial charge is 0.348 e. The molecule has 0 aromatic carbocycles. The minimum Gasteiger partial charge on any atom is -0.484 e. The Morgan fingerprint density at radius 2 is 1.28 bits per heavy atom. The molecule has 3 nitrogen and oxygen atoms in total. The van der Waals surface area contributed by atoms with Crippen molar-refractivity contribution in [3.05, 3.63) is 17.0 Å². The molecule has 5 heteroatoms. The van der Waals surface area contributed by atoms with Crippen molar-refractivity contribution in [1.29, 1.82) is 0 Å². The van der Waals surface area contributed by atoms with Gasteiger partial charge in [-0.15, -0.1) is 11.3 Å². The van der Waals surface area contributed by atoms with Crippen molar-refractivity contribution in [2.24, 2.45) is 0 Å². The van der Waals surface area contributed by atoms with Gasteiger partial charge in [0, 0.05) is 15.5 Å². The van der Waals surface area contributed by atoms with Gasteiger partial charge in [0.15, 0.2) is 5.06 Å². The molecule has 0 spiro atoms. The lowest BCUT2D eigenvalue weighted by Crippen LogP contribution is -2.04. The maximum Gasteiger partial charge on any atom is 0.348 e. The van der Waals surface area contributed by atoms with Crippen LogP contribution in [0.4, 0.5) is 0 Å². The van der Waals surface area contributed by atoms with Crippen LogP contribution < -0.4 is 4.74 Å². The van der Waals surface area contributed by atoms with E-state index in [2.05, 4.69) is 19.9 Å². The van der Waals surface area contributed by atoms with Gasteiger partial charge in [-0.25, -0.2) is 4.79 Å². The zero-order valence-electron chi connectivity index (χ0n) is 18.3. The topological polar surface area (TPSA) is 35.5 Å². The number of hydrogen-bond acceptors (Lipinski definition) is 5. The highest BCUT2D eigenvalue weighted by molar-refractivity contribution is 7.29. The SMILES string of the molecule is CCCCCCCCCOC(=O)c1cc2sc(OCCCCCCCC)cc2s1. The number of carbonyl (C=O) groups is 1. The van der Waals surface area contributed by atoms with Crippen molar-refractivity contribution in [3.63, 3.8) is 0 Å². The molecule has 2 aromatic rings. The third kappa shape index (κ3) is 9.52. The number of ether oxygens (including phenoxy) is 2. The van der Waals surface area contributed by atoms with Gasteiger partial charge in [0.05, 0.1) is 13.2 Å². The van der Waals surface area contributed by atoms with Crippen LogP contribution in [0.5, 0.6) is 5.06 Å². The monoisotopic (exact) mass is 438 g/mol. The molecule has 2 heterocycles. The molecule has 0 amide bonds. The van der Waals surface area contributed by atoms with Crippen LogP contribution in [0.15, 0.2) is 12.1 Å². The van der Waals surface area contributed by atoms with E-state index in [-0.39, 0.29) is 5.97 Å². The van der Waals surface area contributed by atoms with E-state index in [4.69, 9.17) is 9.47 Å². The number of carbonyl (C=O) groups excluding carboxylic acids is 1. The van der Waals surface area contributed by atoms with Crippen LogP contribution in [0.3, 0.4) is 0 Å². The van der Waals surface area contributed by atoms with Crippen molar-refractivity contribution >= 4 is 38.0 Å². The van der Waals surface area contributed by atoms with Crippen molar-refractivity contribution in [1.82, 2.24) is 0 Å². The number of esters is 1. The van der Waals surface area contributed by atoms with Gasteiger partial charge in [-0.1, -0.05) is 95.8 Å². The van der Waals surface area contributed by atoms with Gasteiger partial charge in [0.1, 0.15) is 4.88 Å². The predicted octanol–water partition coefficient (Wildman–Crippen LogP) is 8.61. The van der Waals surface area contributed by atoms with E-state index >= 15 is 0 Å². The first-order chi connectivity index (χ1) is 14.2. The van der Waals surface area contributed by atoms with E-state index in [1.165, 1.54) is 75.5 Å². The molecule has 0 fully saturated rings. The molecule has 2 rings (SSSR count). The minimum absolute atomic E-state index is 0.182. The van der Waals surface area contributed by atoms with Crippen LogP contribution in [0, 0.1) is 0 Å². The summed E-state index contributed by atoms with van der Waals surface area (Å²) in [6.07, 6.45) is 16.2. The first-order valence-electron chi connectivity index (χ1n) is 11.6. The molecule has 0 unspecified atom stereocenters. The van der Waals surface area contributed by atoms with Crippen molar-refractivity contribution in [3.8, 4) is 5.06 Å².